The lowest BCUT2D eigenvalue weighted by Gasteiger charge is -2.58. The average Bonchev–Trinajstić information content (AvgIpc) is 3.20. The van der Waals surface area contributed by atoms with Crippen molar-refractivity contribution in [3.05, 3.63) is 10.6 Å². The van der Waals surface area contributed by atoms with Gasteiger partial charge in [-0.1, -0.05) is 13.8 Å². The number of likely N-dealkylation sites (tertiary alicyclic amines) is 1. The molecule has 1 saturated carbocycles. The van der Waals surface area contributed by atoms with Gasteiger partial charge in [0.2, 0.25) is 5.91 Å². The summed E-state index contributed by atoms with van der Waals surface area (Å²) in [5, 5.41) is 24.6. The van der Waals surface area contributed by atoms with E-state index in [0.717, 1.165) is 42.9 Å². The Morgan fingerprint density at radius 3 is 2.67 bits per heavy atom. The Bertz CT molecular complexity index is 885. The second kappa shape index (κ2) is 9.60. The molecule has 0 spiro atoms. The number of piperidine rings is 1. The fourth-order valence-corrected chi connectivity index (χ4v) is 7.52. The predicted octanol–water partition coefficient (Wildman–Crippen LogP) is 2.55. The molecule has 1 aliphatic heterocycles. The summed E-state index contributed by atoms with van der Waals surface area (Å²) in [6.45, 7) is 5.64. The number of amides is 2. The van der Waals surface area contributed by atoms with Gasteiger partial charge in [0.25, 0.3) is 5.91 Å². The van der Waals surface area contributed by atoms with Crippen molar-refractivity contribution in [2.24, 2.45) is 16.7 Å². The number of hydrogen-bond acceptors (Lipinski definition) is 7. The van der Waals surface area contributed by atoms with Crippen LogP contribution in [0.5, 0.6) is 0 Å². The summed E-state index contributed by atoms with van der Waals surface area (Å²) >= 11 is 1.44. The zero-order valence-corrected chi connectivity index (χ0v) is 20.7. The van der Waals surface area contributed by atoms with E-state index in [2.05, 4.69) is 12.2 Å². The Labute approximate surface area is 199 Å². The molecule has 9 heteroatoms. The topological polar surface area (TPSA) is 112 Å². The quantitative estimate of drug-likeness (QED) is 0.578. The van der Waals surface area contributed by atoms with E-state index in [-0.39, 0.29) is 42.3 Å². The molecule has 1 saturated heterocycles. The van der Waals surface area contributed by atoms with Crippen LogP contribution in [0.25, 0.3) is 0 Å². The lowest BCUT2D eigenvalue weighted by molar-refractivity contribution is -0.147. The highest BCUT2D eigenvalue weighted by Gasteiger charge is 2.59. The van der Waals surface area contributed by atoms with Crippen LogP contribution >= 0.6 is 11.3 Å². The Hall–Kier alpha value is -1.55. The van der Waals surface area contributed by atoms with E-state index in [1.54, 1.807) is 0 Å². The number of nitrogens with one attached hydrogen (secondary N) is 1. The molecule has 33 heavy (non-hydrogen) atoms. The molecule has 2 fully saturated rings. The van der Waals surface area contributed by atoms with Crippen LogP contribution in [-0.2, 0) is 20.7 Å². The Kier molecular flexibility index (Phi) is 7.15. The number of hydrogen-bond donors (Lipinski definition) is 3. The third-order valence-electron chi connectivity index (χ3n) is 8.50. The van der Waals surface area contributed by atoms with E-state index >= 15 is 0 Å². The van der Waals surface area contributed by atoms with E-state index in [0.29, 0.717) is 24.4 Å². The van der Waals surface area contributed by atoms with Gasteiger partial charge in [-0.3, -0.25) is 14.9 Å². The monoisotopic (exact) mass is 479 g/mol. The molecule has 0 radical (unpaired) electrons. The highest BCUT2D eigenvalue weighted by Crippen LogP contribution is 2.62. The third kappa shape index (κ3) is 4.45. The van der Waals surface area contributed by atoms with Gasteiger partial charge < -0.3 is 19.8 Å². The fraction of sp³-hybridized carbons (Fsp3) is 0.792. The molecule has 0 bridgehead atoms. The number of aliphatic hydroxyl groups excluding tert-OH is 2. The van der Waals surface area contributed by atoms with Crippen molar-refractivity contribution in [3.63, 3.8) is 0 Å². The first-order valence-electron chi connectivity index (χ1n) is 12.1. The standard InChI is InChI=1S/C24H37N3O5S/c1-23-8-7-18(29)24(2,14-28)17(23)12-16-21(26-22(33-16)25-19(30)13-32-3)15(23)11-20(31)27-9-5-4-6-10-27/h15,17-18,28-29H,4-14H2,1-3H3,(H,25,26,30). The first kappa shape index (κ1) is 24.6. The number of aliphatic hydroxyl groups is 2. The Morgan fingerprint density at radius 1 is 1.27 bits per heavy atom. The van der Waals surface area contributed by atoms with Crippen LogP contribution in [0.15, 0.2) is 0 Å². The van der Waals surface area contributed by atoms with Crippen molar-refractivity contribution in [2.45, 2.75) is 70.8 Å². The summed E-state index contributed by atoms with van der Waals surface area (Å²) < 4.78 is 4.92. The molecule has 1 aromatic rings. The van der Waals surface area contributed by atoms with Crippen molar-refractivity contribution >= 4 is 28.3 Å². The molecular weight excluding hydrogens is 442 g/mol. The molecule has 0 aromatic carbocycles. The van der Waals surface area contributed by atoms with Gasteiger partial charge in [0.05, 0.1) is 18.4 Å². The molecule has 3 aliphatic rings. The maximum Gasteiger partial charge on any atom is 0.252 e. The number of anilines is 1. The van der Waals surface area contributed by atoms with Gasteiger partial charge in [-0.05, 0) is 49.9 Å². The van der Waals surface area contributed by atoms with Crippen LogP contribution in [0.1, 0.15) is 68.9 Å². The van der Waals surface area contributed by atoms with Gasteiger partial charge in [0.15, 0.2) is 5.13 Å². The zero-order valence-electron chi connectivity index (χ0n) is 19.9. The number of nitrogens with zero attached hydrogens (tertiary/aromatic N) is 2. The second-order valence-electron chi connectivity index (χ2n) is 10.5. The second-order valence-corrected chi connectivity index (χ2v) is 11.6. The van der Waals surface area contributed by atoms with E-state index in [4.69, 9.17) is 9.72 Å². The van der Waals surface area contributed by atoms with Crippen LogP contribution in [-0.4, -0.2) is 71.4 Å². The van der Waals surface area contributed by atoms with Crippen molar-refractivity contribution < 1.29 is 24.5 Å². The minimum absolute atomic E-state index is 0.00776. The molecule has 2 heterocycles. The minimum Gasteiger partial charge on any atom is -0.396 e. The van der Waals surface area contributed by atoms with E-state index in [1.807, 2.05) is 11.8 Å². The molecule has 1 aromatic heterocycles. The number of carbonyl (C=O) groups is 2. The number of rotatable bonds is 6. The average molecular weight is 480 g/mol. The van der Waals surface area contributed by atoms with Crippen LogP contribution in [0.3, 0.4) is 0 Å². The number of aromatic nitrogens is 1. The third-order valence-corrected chi connectivity index (χ3v) is 9.51. The molecule has 5 unspecified atom stereocenters. The number of methoxy groups -OCH3 is 1. The van der Waals surface area contributed by atoms with Gasteiger partial charge >= 0.3 is 0 Å². The van der Waals surface area contributed by atoms with Crippen molar-refractivity contribution in [2.75, 3.05) is 38.7 Å². The molecule has 4 rings (SSSR count). The zero-order chi connectivity index (χ0) is 23.8. The minimum atomic E-state index is -0.652. The summed E-state index contributed by atoms with van der Waals surface area (Å²) in [7, 11) is 1.47. The van der Waals surface area contributed by atoms with Crippen LogP contribution in [0, 0.1) is 16.7 Å². The lowest BCUT2D eigenvalue weighted by atomic mass is 9.47. The molecule has 2 aliphatic carbocycles. The van der Waals surface area contributed by atoms with Gasteiger partial charge in [-0.25, -0.2) is 4.98 Å². The summed E-state index contributed by atoms with van der Waals surface area (Å²) in [6, 6.07) is 0. The van der Waals surface area contributed by atoms with Gasteiger partial charge in [0, 0.05) is 42.8 Å². The van der Waals surface area contributed by atoms with Crippen molar-refractivity contribution in [3.8, 4) is 0 Å². The molecule has 2 amide bonds. The van der Waals surface area contributed by atoms with E-state index < -0.39 is 11.5 Å². The molecule has 184 valence electrons. The van der Waals surface area contributed by atoms with Gasteiger partial charge in [0.1, 0.15) is 6.61 Å². The smallest absolute Gasteiger partial charge is 0.252 e. The van der Waals surface area contributed by atoms with Gasteiger partial charge in [-0.15, -0.1) is 11.3 Å². The number of thiazole rings is 1. The first-order chi connectivity index (χ1) is 15.7. The number of fused-ring (bicyclic) bond motifs is 2. The summed E-state index contributed by atoms with van der Waals surface area (Å²) in [6.07, 6.45) is 5.07. The molecule has 5 atom stereocenters. The highest BCUT2D eigenvalue weighted by molar-refractivity contribution is 7.15. The normalized spacial score (nSPS) is 33.8. The maximum atomic E-state index is 13.4. The molecule has 3 N–H and O–H groups in total. The summed E-state index contributed by atoms with van der Waals surface area (Å²) in [4.78, 5) is 33.3. The Morgan fingerprint density at radius 2 is 2.00 bits per heavy atom. The molecule has 8 nitrogen and oxygen atoms in total. The van der Waals surface area contributed by atoms with E-state index in [1.165, 1.54) is 24.9 Å². The Balaban J connectivity index is 1.70. The highest BCUT2D eigenvalue weighted by atomic mass is 32.1. The summed E-state index contributed by atoms with van der Waals surface area (Å²) in [5.41, 5.74) is -0.0362. The van der Waals surface area contributed by atoms with Crippen molar-refractivity contribution in [1.29, 1.82) is 0 Å². The SMILES string of the molecule is COCC(=O)Nc1nc2c(s1)CC1C(C)(CO)C(O)CCC1(C)C2CC(=O)N1CCCCC1. The number of carbonyl (C=O) groups excluding carboxylic acids is 2. The largest absolute Gasteiger partial charge is 0.396 e. The van der Waals surface area contributed by atoms with E-state index in [9.17, 15) is 19.8 Å². The van der Waals surface area contributed by atoms with Crippen LogP contribution < -0.4 is 5.32 Å². The predicted molar refractivity (Wildman–Crippen MR) is 126 cm³/mol. The van der Waals surface area contributed by atoms with Gasteiger partial charge in [-0.2, -0.15) is 0 Å². The van der Waals surface area contributed by atoms with Crippen LogP contribution in [0.2, 0.25) is 0 Å². The number of ether oxygens (including phenoxy) is 1. The first-order valence-corrected chi connectivity index (χ1v) is 12.9. The molecular formula is C24H37N3O5S. The summed E-state index contributed by atoms with van der Waals surface area (Å²) in [5.74, 6) is -0.220. The van der Waals surface area contributed by atoms with Crippen molar-refractivity contribution in [1.82, 2.24) is 9.88 Å². The maximum absolute atomic E-state index is 13.4. The lowest BCUT2D eigenvalue weighted by Crippen LogP contribution is -2.57. The fourth-order valence-electron chi connectivity index (χ4n) is 6.43. The van der Waals surface area contributed by atoms with Crippen LogP contribution in [0.4, 0.5) is 5.13 Å².